The minimum atomic E-state index is 0.449. The van der Waals surface area contributed by atoms with E-state index in [9.17, 15) is 0 Å². The zero-order valence-corrected chi connectivity index (χ0v) is 10.1. The van der Waals surface area contributed by atoms with Gasteiger partial charge in [0.05, 0.1) is 0 Å². The van der Waals surface area contributed by atoms with E-state index in [-0.39, 0.29) is 0 Å². The highest BCUT2D eigenvalue weighted by atomic mass is 32.2. The van der Waals surface area contributed by atoms with Crippen molar-refractivity contribution in [1.29, 1.82) is 0 Å². The van der Waals surface area contributed by atoms with Gasteiger partial charge in [0.15, 0.2) is 11.5 Å². The summed E-state index contributed by atoms with van der Waals surface area (Å²) in [6, 6.07) is 1.69. The van der Waals surface area contributed by atoms with Crippen molar-refractivity contribution in [2.24, 2.45) is 0 Å². The third kappa shape index (κ3) is 3.31. The molecule has 90 valence electrons. The Kier molecular flexibility index (Phi) is 3.76. The third-order valence-corrected chi connectivity index (χ3v) is 2.51. The minimum Gasteiger partial charge on any atom is -0.383 e. The molecule has 0 aliphatic carbocycles. The van der Waals surface area contributed by atoms with E-state index in [0.717, 1.165) is 0 Å². The molecule has 0 amide bonds. The third-order valence-electron chi connectivity index (χ3n) is 1.96. The summed E-state index contributed by atoms with van der Waals surface area (Å²) in [7, 11) is 0. The maximum atomic E-state index is 5.66. The average Bonchev–Trinajstić information content (AvgIpc) is 2.81. The van der Waals surface area contributed by atoms with Gasteiger partial charge in [0.2, 0.25) is 5.89 Å². The lowest BCUT2D eigenvalue weighted by molar-refractivity contribution is 0.379. The van der Waals surface area contributed by atoms with Crippen LogP contribution in [-0.2, 0) is 6.42 Å². The first kappa shape index (κ1) is 11.6. The molecule has 0 saturated carbocycles. The Morgan fingerprint density at radius 2 is 2.35 bits per heavy atom. The molecule has 8 heteroatoms. The van der Waals surface area contributed by atoms with Crippen molar-refractivity contribution >= 4 is 23.4 Å². The second-order valence-corrected chi connectivity index (χ2v) is 3.95. The van der Waals surface area contributed by atoms with E-state index in [2.05, 4.69) is 25.4 Å². The van der Waals surface area contributed by atoms with Gasteiger partial charge >= 0.3 is 0 Å². The molecule has 3 N–H and O–H groups in total. The van der Waals surface area contributed by atoms with Crippen LogP contribution in [0.1, 0.15) is 5.89 Å². The molecule has 0 aromatic carbocycles. The van der Waals surface area contributed by atoms with Gasteiger partial charge in [-0.05, 0) is 6.26 Å². The van der Waals surface area contributed by atoms with Gasteiger partial charge in [0, 0.05) is 19.0 Å². The van der Waals surface area contributed by atoms with E-state index in [0.29, 0.717) is 35.6 Å². The quantitative estimate of drug-likeness (QED) is 0.595. The fourth-order valence-electron chi connectivity index (χ4n) is 1.23. The smallest absolute Gasteiger partial charge is 0.228 e. The fraction of sp³-hybridized carbons (Fsp3) is 0.333. The monoisotopic (exact) mass is 252 g/mol. The Balaban J connectivity index is 1.92. The van der Waals surface area contributed by atoms with Crippen molar-refractivity contribution < 1.29 is 4.52 Å². The molecule has 0 atom stereocenters. The van der Waals surface area contributed by atoms with Gasteiger partial charge in [-0.2, -0.15) is 4.98 Å². The first-order chi connectivity index (χ1) is 8.28. The molecule has 7 nitrogen and oxygen atoms in total. The van der Waals surface area contributed by atoms with Crippen LogP contribution in [-0.4, -0.2) is 32.9 Å². The molecule has 17 heavy (non-hydrogen) atoms. The lowest BCUT2D eigenvalue weighted by atomic mass is 10.4. The number of nitrogens with two attached hydrogens (primary N) is 1. The van der Waals surface area contributed by atoms with Crippen molar-refractivity contribution in [2.45, 2.75) is 11.6 Å². The van der Waals surface area contributed by atoms with Gasteiger partial charge < -0.3 is 15.6 Å². The van der Waals surface area contributed by atoms with Crippen molar-refractivity contribution in [3.63, 3.8) is 0 Å². The molecule has 0 saturated heterocycles. The molecule has 0 radical (unpaired) electrons. The van der Waals surface area contributed by atoms with Gasteiger partial charge in [-0.25, -0.2) is 9.97 Å². The highest BCUT2D eigenvalue weighted by Crippen LogP contribution is 2.14. The van der Waals surface area contributed by atoms with Crippen LogP contribution < -0.4 is 11.1 Å². The molecule has 0 aliphatic heterocycles. The Hall–Kier alpha value is -1.83. The van der Waals surface area contributed by atoms with Crippen LogP contribution in [0.2, 0.25) is 0 Å². The second-order valence-electron chi connectivity index (χ2n) is 3.18. The molecule has 2 aromatic rings. The number of hydrogen-bond donors (Lipinski definition) is 2. The molecule has 2 aromatic heterocycles. The number of nitrogens with zero attached hydrogens (tertiary/aromatic N) is 4. The number of rotatable bonds is 5. The van der Waals surface area contributed by atoms with E-state index in [1.165, 1.54) is 18.1 Å². The molecule has 2 rings (SSSR count). The summed E-state index contributed by atoms with van der Waals surface area (Å²) in [5, 5.41) is 7.30. The van der Waals surface area contributed by atoms with Crippen LogP contribution in [0.4, 0.5) is 11.6 Å². The lowest BCUT2D eigenvalue weighted by Gasteiger charge is -2.05. The number of hydrogen-bond acceptors (Lipinski definition) is 8. The van der Waals surface area contributed by atoms with Gasteiger partial charge in [0.25, 0.3) is 0 Å². The van der Waals surface area contributed by atoms with Crippen molar-refractivity contribution in [2.75, 3.05) is 23.9 Å². The van der Waals surface area contributed by atoms with Crippen LogP contribution in [0.15, 0.2) is 22.1 Å². The van der Waals surface area contributed by atoms with Crippen LogP contribution in [0.5, 0.6) is 0 Å². The molecule has 2 heterocycles. The number of thioether (sulfide) groups is 1. The van der Waals surface area contributed by atoms with Crippen molar-refractivity contribution in [3.05, 3.63) is 18.3 Å². The summed E-state index contributed by atoms with van der Waals surface area (Å²) in [5.41, 5.74) is 5.66. The largest absolute Gasteiger partial charge is 0.383 e. The Morgan fingerprint density at radius 1 is 1.47 bits per heavy atom. The van der Waals surface area contributed by atoms with E-state index >= 15 is 0 Å². The molecule has 0 spiro atoms. The maximum Gasteiger partial charge on any atom is 0.228 e. The normalized spacial score (nSPS) is 10.4. The predicted molar refractivity (Wildman–Crippen MR) is 64.7 cm³/mol. The van der Waals surface area contributed by atoms with Crippen LogP contribution in [0.25, 0.3) is 0 Å². The van der Waals surface area contributed by atoms with Gasteiger partial charge in [-0.3, -0.25) is 0 Å². The van der Waals surface area contributed by atoms with E-state index < -0.39 is 0 Å². The molecular weight excluding hydrogens is 240 g/mol. The Bertz CT molecular complexity index is 474. The SMILES string of the molecule is CSc1nc(N)cc(NCCc2ncno2)n1. The number of anilines is 2. The van der Waals surface area contributed by atoms with Gasteiger partial charge in [-0.1, -0.05) is 16.9 Å². The van der Waals surface area contributed by atoms with Crippen LogP contribution in [0.3, 0.4) is 0 Å². The van der Waals surface area contributed by atoms with E-state index in [1.807, 2.05) is 6.26 Å². The standard InChI is InChI=1S/C9H12N6OS/c1-17-9-14-6(10)4-7(15-9)11-3-2-8-12-5-13-16-8/h4-5H,2-3H2,1H3,(H3,10,11,14,15). The summed E-state index contributed by atoms with van der Waals surface area (Å²) in [6.07, 6.45) is 3.92. The van der Waals surface area contributed by atoms with Gasteiger partial charge in [0.1, 0.15) is 11.6 Å². The van der Waals surface area contributed by atoms with Crippen LogP contribution >= 0.6 is 11.8 Å². The Labute approximate surface area is 102 Å². The molecular formula is C9H12N6OS. The van der Waals surface area contributed by atoms with E-state index in [1.54, 1.807) is 6.07 Å². The fourth-order valence-corrected chi connectivity index (χ4v) is 1.61. The molecule has 0 aliphatic rings. The zero-order chi connectivity index (χ0) is 12.1. The topological polar surface area (TPSA) is 103 Å². The zero-order valence-electron chi connectivity index (χ0n) is 9.25. The minimum absolute atomic E-state index is 0.449. The lowest BCUT2D eigenvalue weighted by Crippen LogP contribution is -2.08. The molecule has 0 fully saturated rings. The number of aromatic nitrogens is 4. The summed E-state index contributed by atoms with van der Waals surface area (Å²) in [5.74, 6) is 1.73. The first-order valence-corrected chi connectivity index (χ1v) is 6.18. The molecule has 0 unspecified atom stereocenters. The average molecular weight is 252 g/mol. The molecule has 0 bridgehead atoms. The second kappa shape index (κ2) is 5.48. The van der Waals surface area contributed by atoms with E-state index in [4.69, 9.17) is 10.3 Å². The summed E-state index contributed by atoms with van der Waals surface area (Å²) in [4.78, 5) is 12.2. The first-order valence-electron chi connectivity index (χ1n) is 4.96. The predicted octanol–water partition coefficient (Wildman–Crippen LogP) is 0.818. The Morgan fingerprint density at radius 3 is 3.06 bits per heavy atom. The highest BCUT2D eigenvalue weighted by molar-refractivity contribution is 7.98. The van der Waals surface area contributed by atoms with Crippen molar-refractivity contribution in [3.8, 4) is 0 Å². The number of nitrogen functional groups attached to an aromatic ring is 1. The summed E-state index contributed by atoms with van der Waals surface area (Å²) >= 11 is 1.45. The number of nitrogens with one attached hydrogen (secondary N) is 1. The van der Waals surface area contributed by atoms with Gasteiger partial charge in [-0.15, -0.1) is 0 Å². The maximum absolute atomic E-state index is 5.66. The summed E-state index contributed by atoms with van der Waals surface area (Å²) in [6.45, 7) is 0.645. The van der Waals surface area contributed by atoms with Crippen molar-refractivity contribution in [1.82, 2.24) is 20.1 Å². The summed E-state index contributed by atoms with van der Waals surface area (Å²) < 4.78 is 4.88. The van der Waals surface area contributed by atoms with Crippen LogP contribution in [0, 0.1) is 0 Å². The highest BCUT2D eigenvalue weighted by Gasteiger charge is 2.02.